The number of hydrogen-bond donors (Lipinski definition) is 0. The molecule has 0 aliphatic carbocycles. The normalized spacial score (nSPS) is 24.4. The van der Waals surface area contributed by atoms with Gasteiger partial charge in [0.2, 0.25) is 0 Å². The lowest BCUT2D eigenvalue weighted by molar-refractivity contribution is 0.116. The summed E-state index contributed by atoms with van der Waals surface area (Å²) in [6.07, 6.45) is 4.60. The Bertz CT molecular complexity index is 654. The zero-order valence-corrected chi connectivity index (χ0v) is 16.4. The first kappa shape index (κ1) is 19.7. The van der Waals surface area contributed by atoms with E-state index in [0.29, 0.717) is 38.7 Å². The Balaban J connectivity index is 1.58. The lowest BCUT2D eigenvalue weighted by Gasteiger charge is -2.35. The van der Waals surface area contributed by atoms with E-state index >= 15 is 0 Å². The first-order valence-electron chi connectivity index (χ1n) is 9.46. The van der Waals surface area contributed by atoms with Crippen molar-refractivity contribution in [2.45, 2.75) is 25.8 Å². The molecular formula is C18H30N4O3S. The van der Waals surface area contributed by atoms with Crippen LogP contribution in [0.25, 0.3) is 0 Å². The highest BCUT2D eigenvalue weighted by Gasteiger charge is 2.34. The standard InChI is InChI=1S/C18H30N4O3S/c1-25-16-17-6-4-10-22(14-17)26(23,24)21-11-5-9-20(12-13-21)15-18-7-2-3-8-19-18/h2-3,7-8,17H,4-6,9-16H2,1H3. The minimum atomic E-state index is -3.39. The van der Waals surface area contributed by atoms with Gasteiger partial charge in [0.25, 0.3) is 10.2 Å². The monoisotopic (exact) mass is 382 g/mol. The predicted molar refractivity (Wildman–Crippen MR) is 101 cm³/mol. The topological polar surface area (TPSA) is 66.0 Å². The van der Waals surface area contributed by atoms with Crippen molar-refractivity contribution in [1.82, 2.24) is 18.5 Å². The second kappa shape index (κ2) is 9.23. The van der Waals surface area contributed by atoms with Gasteiger partial charge in [-0.2, -0.15) is 17.0 Å². The van der Waals surface area contributed by atoms with Crippen molar-refractivity contribution in [2.75, 3.05) is 53.0 Å². The number of pyridine rings is 1. The number of hydrogen-bond acceptors (Lipinski definition) is 5. The molecule has 2 saturated heterocycles. The molecule has 0 spiro atoms. The summed E-state index contributed by atoms with van der Waals surface area (Å²) in [5, 5.41) is 0. The summed E-state index contributed by atoms with van der Waals surface area (Å²) in [6.45, 7) is 5.37. The van der Waals surface area contributed by atoms with Crippen LogP contribution in [0.2, 0.25) is 0 Å². The minimum absolute atomic E-state index is 0.302. The third kappa shape index (κ3) is 5.01. The van der Waals surface area contributed by atoms with E-state index in [-0.39, 0.29) is 0 Å². The maximum absolute atomic E-state index is 13.1. The highest BCUT2D eigenvalue weighted by molar-refractivity contribution is 7.86. The maximum Gasteiger partial charge on any atom is 0.282 e. The van der Waals surface area contributed by atoms with Gasteiger partial charge in [0.05, 0.1) is 12.3 Å². The van der Waals surface area contributed by atoms with Crippen LogP contribution in [-0.4, -0.2) is 79.9 Å². The Morgan fingerprint density at radius 3 is 2.73 bits per heavy atom. The van der Waals surface area contributed by atoms with Crippen molar-refractivity contribution in [3.63, 3.8) is 0 Å². The number of piperidine rings is 1. The van der Waals surface area contributed by atoms with Gasteiger partial charge in [-0.15, -0.1) is 0 Å². The largest absolute Gasteiger partial charge is 0.384 e. The molecule has 1 unspecified atom stereocenters. The van der Waals surface area contributed by atoms with Gasteiger partial charge in [0, 0.05) is 52.6 Å². The van der Waals surface area contributed by atoms with E-state index in [9.17, 15) is 8.42 Å². The van der Waals surface area contributed by atoms with Crippen LogP contribution in [0.1, 0.15) is 25.0 Å². The van der Waals surface area contributed by atoms with E-state index in [2.05, 4.69) is 9.88 Å². The van der Waals surface area contributed by atoms with Crippen LogP contribution in [0.3, 0.4) is 0 Å². The van der Waals surface area contributed by atoms with E-state index in [1.807, 2.05) is 18.2 Å². The first-order valence-corrected chi connectivity index (χ1v) is 10.9. The van der Waals surface area contributed by atoms with Crippen LogP contribution < -0.4 is 0 Å². The summed E-state index contributed by atoms with van der Waals surface area (Å²) in [7, 11) is -1.71. The van der Waals surface area contributed by atoms with Gasteiger partial charge < -0.3 is 4.74 Å². The number of nitrogens with zero attached hydrogens (tertiary/aromatic N) is 4. The van der Waals surface area contributed by atoms with E-state index in [0.717, 1.165) is 44.6 Å². The average Bonchev–Trinajstić information content (AvgIpc) is 2.89. The van der Waals surface area contributed by atoms with Crippen molar-refractivity contribution in [2.24, 2.45) is 5.92 Å². The Hall–Kier alpha value is -1.06. The number of rotatable bonds is 6. The van der Waals surface area contributed by atoms with Crippen molar-refractivity contribution in [3.05, 3.63) is 30.1 Å². The van der Waals surface area contributed by atoms with Gasteiger partial charge in [-0.3, -0.25) is 9.88 Å². The van der Waals surface area contributed by atoms with Crippen LogP contribution in [0, 0.1) is 5.92 Å². The molecule has 1 aromatic rings. The summed E-state index contributed by atoms with van der Waals surface area (Å²) >= 11 is 0. The minimum Gasteiger partial charge on any atom is -0.384 e. The molecule has 0 aromatic carbocycles. The molecule has 0 bridgehead atoms. The van der Waals surface area contributed by atoms with Crippen molar-refractivity contribution < 1.29 is 13.2 Å². The van der Waals surface area contributed by atoms with Gasteiger partial charge >= 0.3 is 0 Å². The van der Waals surface area contributed by atoms with Crippen LogP contribution >= 0.6 is 0 Å². The van der Waals surface area contributed by atoms with Crippen molar-refractivity contribution in [1.29, 1.82) is 0 Å². The molecule has 0 N–H and O–H groups in total. The lowest BCUT2D eigenvalue weighted by atomic mass is 10.0. The maximum atomic E-state index is 13.1. The molecule has 0 radical (unpaired) electrons. The fourth-order valence-corrected chi connectivity index (χ4v) is 5.59. The molecule has 146 valence electrons. The summed E-state index contributed by atoms with van der Waals surface area (Å²) in [4.78, 5) is 6.67. The van der Waals surface area contributed by atoms with Gasteiger partial charge in [0.15, 0.2) is 0 Å². The smallest absolute Gasteiger partial charge is 0.282 e. The van der Waals surface area contributed by atoms with Crippen LogP contribution in [0.15, 0.2) is 24.4 Å². The van der Waals surface area contributed by atoms with Crippen molar-refractivity contribution in [3.8, 4) is 0 Å². The molecule has 0 saturated carbocycles. The van der Waals surface area contributed by atoms with Gasteiger partial charge in [0.1, 0.15) is 0 Å². The molecule has 1 atom stereocenters. The zero-order valence-electron chi connectivity index (χ0n) is 15.6. The quantitative estimate of drug-likeness (QED) is 0.739. The number of aromatic nitrogens is 1. The zero-order chi connectivity index (χ0) is 18.4. The molecule has 2 fully saturated rings. The molecule has 26 heavy (non-hydrogen) atoms. The Labute approximate surface area is 157 Å². The third-order valence-corrected chi connectivity index (χ3v) is 7.20. The molecule has 0 amide bonds. The molecule has 3 heterocycles. The number of methoxy groups -OCH3 is 1. The molecular weight excluding hydrogens is 352 g/mol. The molecule has 7 nitrogen and oxygen atoms in total. The first-order chi connectivity index (χ1) is 12.6. The van der Waals surface area contributed by atoms with E-state index in [4.69, 9.17) is 4.74 Å². The van der Waals surface area contributed by atoms with E-state index < -0.39 is 10.2 Å². The fourth-order valence-electron chi connectivity index (χ4n) is 3.83. The van der Waals surface area contributed by atoms with Crippen LogP contribution in [0.5, 0.6) is 0 Å². The number of ether oxygens (including phenoxy) is 1. The van der Waals surface area contributed by atoms with Gasteiger partial charge in [-0.1, -0.05) is 6.07 Å². The van der Waals surface area contributed by atoms with Gasteiger partial charge in [-0.05, 0) is 43.9 Å². The molecule has 2 aliphatic rings. The summed E-state index contributed by atoms with van der Waals surface area (Å²) < 4.78 is 34.7. The van der Waals surface area contributed by atoms with Crippen molar-refractivity contribution >= 4 is 10.2 Å². The van der Waals surface area contributed by atoms with Crippen LogP contribution in [0.4, 0.5) is 0 Å². The Kier molecular flexibility index (Phi) is 6.99. The Morgan fingerprint density at radius 2 is 1.96 bits per heavy atom. The highest BCUT2D eigenvalue weighted by atomic mass is 32.2. The van der Waals surface area contributed by atoms with Crippen LogP contribution in [-0.2, 0) is 21.5 Å². The fraction of sp³-hybridized carbons (Fsp3) is 0.722. The summed E-state index contributed by atoms with van der Waals surface area (Å²) in [6, 6.07) is 5.92. The average molecular weight is 383 g/mol. The Morgan fingerprint density at radius 1 is 1.12 bits per heavy atom. The van der Waals surface area contributed by atoms with Gasteiger partial charge in [-0.25, -0.2) is 0 Å². The predicted octanol–water partition coefficient (Wildman–Crippen LogP) is 1.19. The van der Waals surface area contributed by atoms with E-state index in [1.165, 1.54) is 0 Å². The molecule has 3 rings (SSSR count). The van der Waals surface area contributed by atoms with E-state index in [1.54, 1.807) is 21.9 Å². The summed E-state index contributed by atoms with van der Waals surface area (Å²) in [5.74, 6) is 0.302. The summed E-state index contributed by atoms with van der Waals surface area (Å²) in [5.41, 5.74) is 1.03. The third-order valence-electron chi connectivity index (χ3n) is 5.20. The second-order valence-corrected chi connectivity index (χ2v) is 9.11. The SMILES string of the molecule is COCC1CCCN(S(=O)(=O)N2CCCN(Cc3ccccn3)CC2)C1. The lowest BCUT2D eigenvalue weighted by Crippen LogP contribution is -2.49. The molecule has 1 aromatic heterocycles. The second-order valence-electron chi connectivity index (χ2n) is 7.18. The highest BCUT2D eigenvalue weighted by Crippen LogP contribution is 2.22. The molecule has 2 aliphatic heterocycles. The molecule has 8 heteroatoms.